The third kappa shape index (κ3) is 2.60. The summed E-state index contributed by atoms with van der Waals surface area (Å²) in [6.07, 6.45) is 6.67. The van der Waals surface area contributed by atoms with E-state index in [0.717, 1.165) is 18.4 Å². The van der Waals surface area contributed by atoms with Crippen LogP contribution >= 0.6 is 0 Å². The summed E-state index contributed by atoms with van der Waals surface area (Å²) >= 11 is 0. The maximum atomic E-state index is 6.20. The van der Waals surface area contributed by atoms with Gasteiger partial charge in [-0.25, -0.2) is 0 Å². The lowest BCUT2D eigenvalue weighted by atomic mass is 9.87. The van der Waals surface area contributed by atoms with Crippen molar-refractivity contribution in [2.24, 2.45) is 5.92 Å². The number of fused-ring (bicyclic) bond motifs is 2. The van der Waals surface area contributed by atoms with Crippen molar-refractivity contribution in [1.82, 2.24) is 0 Å². The van der Waals surface area contributed by atoms with E-state index in [9.17, 15) is 0 Å². The molecule has 0 radical (unpaired) electrons. The summed E-state index contributed by atoms with van der Waals surface area (Å²) in [7, 11) is 0. The first-order valence-electron chi connectivity index (χ1n) is 7.95. The van der Waals surface area contributed by atoms with Crippen molar-refractivity contribution in [3.8, 4) is 0 Å². The van der Waals surface area contributed by atoms with Crippen LogP contribution in [0.5, 0.6) is 0 Å². The van der Waals surface area contributed by atoms with Gasteiger partial charge in [0, 0.05) is 12.0 Å². The van der Waals surface area contributed by atoms with E-state index in [2.05, 4.69) is 48.6 Å². The van der Waals surface area contributed by atoms with Gasteiger partial charge in [0.25, 0.3) is 0 Å². The zero-order valence-corrected chi connectivity index (χ0v) is 12.5. The quantitative estimate of drug-likeness (QED) is 0.836. The number of hydrogen-bond acceptors (Lipinski definition) is 2. The normalized spacial score (nSPS) is 30.7. The number of hydrogen-bond donors (Lipinski definition) is 0. The van der Waals surface area contributed by atoms with Crippen LogP contribution in [0.15, 0.2) is 66.7 Å². The summed E-state index contributed by atoms with van der Waals surface area (Å²) < 4.78 is 12.3. The molecule has 2 bridgehead atoms. The molecular weight excluding hydrogens is 272 g/mol. The highest BCUT2D eigenvalue weighted by Crippen LogP contribution is 2.46. The Bertz CT molecular complexity index is 650. The van der Waals surface area contributed by atoms with Gasteiger partial charge >= 0.3 is 0 Å². The first kappa shape index (κ1) is 13.7. The second-order valence-electron chi connectivity index (χ2n) is 6.14. The Morgan fingerprint density at radius 2 is 1.68 bits per heavy atom. The third-order valence-corrected chi connectivity index (χ3v) is 4.53. The highest BCUT2D eigenvalue weighted by Gasteiger charge is 2.48. The molecule has 2 aromatic rings. The molecule has 2 aliphatic heterocycles. The lowest BCUT2D eigenvalue weighted by Crippen LogP contribution is -2.35. The Hall–Kier alpha value is -1.90. The van der Waals surface area contributed by atoms with Crippen molar-refractivity contribution in [3.05, 3.63) is 77.9 Å². The van der Waals surface area contributed by atoms with Gasteiger partial charge in [-0.2, -0.15) is 0 Å². The minimum atomic E-state index is -0.546. The minimum absolute atomic E-state index is 0.208. The molecule has 2 heteroatoms. The second kappa shape index (κ2) is 5.71. The summed E-state index contributed by atoms with van der Waals surface area (Å²) in [4.78, 5) is 0. The molecule has 0 unspecified atom stereocenters. The number of rotatable bonds is 3. The molecule has 2 fully saturated rings. The van der Waals surface area contributed by atoms with E-state index in [0.29, 0.717) is 12.5 Å². The Balaban J connectivity index is 1.56. The lowest BCUT2D eigenvalue weighted by molar-refractivity contribution is -0.204. The summed E-state index contributed by atoms with van der Waals surface area (Å²) in [6, 6.07) is 20.8. The molecule has 2 heterocycles. The van der Waals surface area contributed by atoms with Gasteiger partial charge in [-0.15, -0.1) is 0 Å². The van der Waals surface area contributed by atoms with Gasteiger partial charge in [-0.05, 0) is 17.9 Å². The molecule has 22 heavy (non-hydrogen) atoms. The fraction of sp³-hybridized carbons (Fsp3) is 0.300. The summed E-state index contributed by atoms with van der Waals surface area (Å²) in [5.41, 5.74) is 2.38. The first-order valence-corrected chi connectivity index (χ1v) is 7.95. The van der Waals surface area contributed by atoms with E-state index < -0.39 is 5.79 Å². The van der Waals surface area contributed by atoms with Gasteiger partial charge in [-0.1, -0.05) is 72.8 Å². The molecule has 2 aliphatic rings. The molecule has 0 saturated carbocycles. The fourth-order valence-corrected chi connectivity index (χ4v) is 3.47. The van der Waals surface area contributed by atoms with Crippen molar-refractivity contribution >= 4 is 6.08 Å². The molecule has 0 amide bonds. The molecule has 2 aromatic carbocycles. The maximum Gasteiger partial charge on any atom is 0.195 e. The molecule has 0 N–H and O–H groups in total. The van der Waals surface area contributed by atoms with E-state index in [1.54, 1.807) is 0 Å². The number of ether oxygens (including phenoxy) is 2. The van der Waals surface area contributed by atoms with Gasteiger partial charge in [0.15, 0.2) is 5.79 Å². The van der Waals surface area contributed by atoms with Gasteiger partial charge < -0.3 is 9.47 Å². The summed E-state index contributed by atoms with van der Waals surface area (Å²) in [5.74, 6) is -0.0581. The van der Waals surface area contributed by atoms with Crippen LogP contribution in [-0.4, -0.2) is 12.7 Å². The molecule has 112 valence electrons. The molecular formula is C20H20O2. The molecule has 2 saturated heterocycles. The van der Waals surface area contributed by atoms with Crippen LogP contribution in [0, 0.1) is 5.92 Å². The van der Waals surface area contributed by atoms with E-state index in [1.165, 1.54) is 5.56 Å². The molecule has 0 aromatic heterocycles. The summed E-state index contributed by atoms with van der Waals surface area (Å²) in [5, 5.41) is 0. The van der Waals surface area contributed by atoms with E-state index in [-0.39, 0.29) is 6.10 Å². The SMILES string of the molecule is C(=C\[C@H]1C[C@H]2CO[C@@](c3ccccc3)(C1)O2)/c1ccccc1. The molecule has 3 atom stereocenters. The maximum absolute atomic E-state index is 6.20. The van der Waals surface area contributed by atoms with Crippen LogP contribution in [0.2, 0.25) is 0 Å². The Morgan fingerprint density at radius 1 is 0.955 bits per heavy atom. The van der Waals surface area contributed by atoms with Crippen LogP contribution in [-0.2, 0) is 15.3 Å². The fourth-order valence-electron chi connectivity index (χ4n) is 3.47. The van der Waals surface area contributed by atoms with Gasteiger partial charge in [0.05, 0.1) is 12.7 Å². The van der Waals surface area contributed by atoms with Crippen molar-refractivity contribution in [3.63, 3.8) is 0 Å². The standard InChI is InChI=1S/C20H20O2/c1-3-7-16(8-4-1)11-12-17-13-19-15-21-20(14-17,22-19)18-9-5-2-6-10-18/h1-12,17,19H,13-15H2/b12-11+/t17-,19-,20-/m0/s1. The zero-order valence-electron chi connectivity index (χ0n) is 12.5. The Morgan fingerprint density at radius 3 is 2.45 bits per heavy atom. The van der Waals surface area contributed by atoms with E-state index >= 15 is 0 Å². The predicted octanol–water partition coefficient (Wildman–Crippen LogP) is 4.38. The van der Waals surface area contributed by atoms with Gasteiger partial charge in [-0.3, -0.25) is 0 Å². The average molecular weight is 292 g/mol. The van der Waals surface area contributed by atoms with Crippen LogP contribution in [0.4, 0.5) is 0 Å². The average Bonchev–Trinajstić information content (AvgIpc) is 2.91. The smallest absolute Gasteiger partial charge is 0.195 e. The van der Waals surface area contributed by atoms with Gasteiger partial charge in [0.1, 0.15) is 0 Å². The van der Waals surface area contributed by atoms with Crippen LogP contribution in [0.25, 0.3) is 6.08 Å². The van der Waals surface area contributed by atoms with Crippen LogP contribution in [0.3, 0.4) is 0 Å². The number of allylic oxidation sites excluding steroid dienone is 1. The number of benzene rings is 2. The monoisotopic (exact) mass is 292 g/mol. The Kier molecular flexibility index (Phi) is 3.57. The molecule has 4 rings (SSSR count). The largest absolute Gasteiger partial charge is 0.343 e. The first-order chi connectivity index (χ1) is 10.8. The summed E-state index contributed by atoms with van der Waals surface area (Å²) in [6.45, 7) is 0.699. The van der Waals surface area contributed by atoms with E-state index in [1.807, 2.05) is 24.3 Å². The highest BCUT2D eigenvalue weighted by atomic mass is 16.7. The second-order valence-corrected chi connectivity index (χ2v) is 6.14. The van der Waals surface area contributed by atoms with Crippen molar-refractivity contribution < 1.29 is 9.47 Å². The van der Waals surface area contributed by atoms with Crippen molar-refractivity contribution in [2.75, 3.05) is 6.61 Å². The third-order valence-electron chi connectivity index (χ3n) is 4.53. The zero-order chi connectivity index (χ0) is 14.8. The van der Waals surface area contributed by atoms with Gasteiger partial charge in [0.2, 0.25) is 0 Å². The highest BCUT2D eigenvalue weighted by molar-refractivity contribution is 5.49. The van der Waals surface area contributed by atoms with Crippen LogP contribution in [0.1, 0.15) is 24.0 Å². The Labute approximate surface area is 131 Å². The molecule has 0 spiro atoms. The van der Waals surface area contributed by atoms with E-state index in [4.69, 9.17) is 9.47 Å². The predicted molar refractivity (Wildman–Crippen MR) is 87.1 cm³/mol. The molecule has 0 aliphatic carbocycles. The lowest BCUT2D eigenvalue weighted by Gasteiger charge is -2.35. The molecule has 2 nitrogen and oxygen atoms in total. The van der Waals surface area contributed by atoms with Crippen LogP contribution < -0.4 is 0 Å². The topological polar surface area (TPSA) is 18.5 Å². The minimum Gasteiger partial charge on any atom is -0.343 e. The van der Waals surface area contributed by atoms with Crippen molar-refractivity contribution in [2.45, 2.75) is 24.7 Å². The van der Waals surface area contributed by atoms with Crippen molar-refractivity contribution in [1.29, 1.82) is 0 Å².